The van der Waals surface area contributed by atoms with Gasteiger partial charge >= 0.3 is 0 Å². The second-order valence-electron chi connectivity index (χ2n) is 4.93. The van der Waals surface area contributed by atoms with Crippen LogP contribution in [0.1, 0.15) is 27.7 Å². The Balaban J connectivity index is 1.88. The van der Waals surface area contributed by atoms with E-state index in [4.69, 9.17) is 4.42 Å². The first kappa shape index (κ1) is 15.4. The highest BCUT2D eigenvalue weighted by Gasteiger charge is 2.19. The minimum Gasteiger partial charge on any atom is -0.445 e. The summed E-state index contributed by atoms with van der Waals surface area (Å²) < 4.78 is 5.50. The predicted octanol–water partition coefficient (Wildman–Crippen LogP) is 3.92. The van der Waals surface area contributed by atoms with E-state index in [2.05, 4.69) is 10.3 Å². The molecule has 0 aliphatic carbocycles. The lowest BCUT2D eigenvalue weighted by Crippen LogP contribution is -2.29. The van der Waals surface area contributed by atoms with Crippen molar-refractivity contribution >= 4 is 17.7 Å². The molecule has 0 aliphatic heterocycles. The zero-order chi connectivity index (χ0) is 16.1. The summed E-state index contributed by atoms with van der Waals surface area (Å²) in [6.07, 6.45) is 5.38. The molecule has 0 radical (unpaired) electrons. The van der Waals surface area contributed by atoms with Crippen LogP contribution >= 0.6 is 11.8 Å². The summed E-state index contributed by atoms with van der Waals surface area (Å²) in [6.45, 7) is 0. The number of thioether (sulfide) groups is 1. The third kappa shape index (κ3) is 3.63. The molecule has 116 valence electrons. The van der Waals surface area contributed by atoms with E-state index in [1.54, 1.807) is 24.5 Å². The molecule has 23 heavy (non-hydrogen) atoms. The van der Waals surface area contributed by atoms with Gasteiger partial charge in [0.2, 0.25) is 0 Å². The normalized spacial score (nSPS) is 11.9. The number of carbonyl (C=O) groups excluding carboxylic acids is 1. The molecule has 0 saturated carbocycles. The molecule has 0 fully saturated rings. The van der Waals surface area contributed by atoms with Crippen molar-refractivity contribution in [2.75, 3.05) is 6.26 Å². The van der Waals surface area contributed by atoms with Crippen LogP contribution in [0, 0.1) is 0 Å². The van der Waals surface area contributed by atoms with Crippen molar-refractivity contribution in [1.29, 1.82) is 0 Å². The summed E-state index contributed by atoms with van der Waals surface area (Å²) in [5.41, 5.74) is 1.91. The molecule has 4 nitrogen and oxygen atoms in total. The Hall–Kier alpha value is -2.53. The number of hydrogen-bond acceptors (Lipinski definition) is 4. The standard InChI is InChI=1S/C18H16N2O2S/c1-23-16-10-9-15(22-16)18(21)20-17(13-6-3-2-4-7-13)14-8-5-11-19-12-14/h2-12,17H,1H3,(H,20,21). The van der Waals surface area contributed by atoms with Crippen LogP contribution in [0.2, 0.25) is 0 Å². The van der Waals surface area contributed by atoms with E-state index in [9.17, 15) is 4.79 Å². The van der Waals surface area contributed by atoms with E-state index in [0.29, 0.717) is 10.9 Å². The van der Waals surface area contributed by atoms with Gasteiger partial charge in [-0.2, -0.15) is 0 Å². The molecule has 0 spiro atoms. The van der Waals surface area contributed by atoms with Crippen LogP contribution in [-0.2, 0) is 0 Å². The smallest absolute Gasteiger partial charge is 0.287 e. The van der Waals surface area contributed by atoms with E-state index in [0.717, 1.165) is 11.1 Å². The summed E-state index contributed by atoms with van der Waals surface area (Å²) in [4.78, 5) is 16.6. The average molecular weight is 324 g/mol. The van der Waals surface area contributed by atoms with Crippen molar-refractivity contribution in [1.82, 2.24) is 10.3 Å². The Kier molecular flexibility index (Phi) is 4.78. The third-order valence-corrected chi connectivity index (χ3v) is 4.05. The fourth-order valence-corrected chi connectivity index (χ4v) is 2.68. The molecule has 0 bridgehead atoms. The molecule has 0 aliphatic rings. The Labute approximate surface area is 138 Å². The molecule has 1 unspecified atom stereocenters. The quantitative estimate of drug-likeness (QED) is 0.723. The SMILES string of the molecule is CSc1ccc(C(=O)NC(c2ccccc2)c2cccnc2)o1. The number of rotatable bonds is 5. The van der Waals surface area contributed by atoms with E-state index in [1.165, 1.54) is 11.8 Å². The van der Waals surface area contributed by atoms with Gasteiger partial charge in [0.25, 0.3) is 5.91 Å². The Morgan fingerprint density at radius 1 is 1.09 bits per heavy atom. The van der Waals surface area contributed by atoms with Crippen LogP contribution in [0.5, 0.6) is 0 Å². The number of nitrogens with one attached hydrogen (secondary N) is 1. The molecule has 1 atom stereocenters. The molecule has 1 aromatic carbocycles. The summed E-state index contributed by atoms with van der Waals surface area (Å²) in [5, 5.41) is 3.74. The molecular weight excluding hydrogens is 308 g/mol. The molecule has 3 aromatic rings. The third-order valence-electron chi connectivity index (χ3n) is 3.43. The Morgan fingerprint density at radius 3 is 2.52 bits per heavy atom. The number of nitrogens with zero attached hydrogens (tertiary/aromatic N) is 1. The molecule has 2 aromatic heterocycles. The zero-order valence-electron chi connectivity index (χ0n) is 12.6. The number of benzene rings is 1. The largest absolute Gasteiger partial charge is 0.445 e. The fraction of sp³-hybridized carbons (Fsp3) is 0.111. The summed E-state index contributed by atoms with van der Waals surface area (Å²) >= 11 is 1.46. The lowest BCUT2D eigenvalue weighted by molar-refractivity contribution is 0.0910. The topological polar surface area (TPSA) is 55.1 Å². The van der Waals surface area contributed by atoms with Gasteiger partial charge in [0.1, 0.15) is 0 Å². The van der Waals surface area contributed by atoms with Crippen LogP contribution in [0.15, 0.2) is 76.5 Å². The first-order valence-corrected chi connectivity index (χ1v) is 8.40. The molecule has 2 heterocycles. The highest BCUT2D eigenvalue weighted by molar-refractivity contribution is 7.98. The van der Waals surface area contributed by atoms with Crippen molar-refractivity contribution in [2.45, 2.75) is 11.1 Å². The number of hydrogen-bond donors (Lipinski definition) is 1. The van der Waals surface area contributed by atoms with E-state index in [-0.39, 0.29) is 11.9 Å². The van der Waals surface area contributed by atoms with Crippen LogP contribution in [0.3, 0.4) is 0 Å². The molecular formula is C18H16N2O2S. The zero-order valence-corrected chi connectivity index (χ0v) is 13.4. The lowest BCUT2D eigenvalue weighted by Gasteiger charge is -2.18. The van der Waals surface area contributed by atoms with Crippen LogP contribution in [-0.4, -0.2) is 17.1 Å². The van der Waals surface area contributed by atoms with Crippen molar-refractivity contribution in [2.24, 2.45) is 0 Å². The van der Waals surface area contributed by atoms with Gasteiger partial charge in [-0.3, -0.25) is 9.78 Å². The van der Waals surface area contributed by atoms with Crippen LogP contribution in [0.4, 0.5) is 0 Å². The molecule has 5 heteroatoms. The molecule has 0 saturated heterocycles. The second-order valence-corrected chi connectivity index (χ2v) is 5.74. The maximum absolute atomic E-state index is 12.5. The van der Waals surface area contributed by atoms with Gasteiger partial charge in [-0.05, 0) is 35.6 Å². The lowest BCUT2D eigenvalue weighted by atomic mass is 10.00. The number of amides is 1. The van der Waals surface area contributed by atoms with Gasteiger partial charge in [0.05, 0.1) is 6.04 Å². The summed E-state index contributed by atoms with van der Waals surface area (Å²) in [5.74, 6) is 0.0576. The van der Waals surface area contributed by atoms with E-state index in [1.807, 2.05) is 48.7 Å². The van der Waals surface area contributed by atoms with E-state index < -0.39 is 0 Å². The first-order chi connectivity index (χ1) is 11.3. The van der Waals surface area contributed by atoms with Gasteiger partial charge < -0.3 is 9.73 Å². The average Bonchev–Trinajstić information content (AvgIpc) is 3.10. The number of furan rings is 1. The van der Waals surface area contributed by atoms with Gasteiger partial charge in [-0.25, -0.2) is 0 Å². The highest BCUT2D eigenvalue weighted by Crippen LogP contribution is 2.23. The van der Waals surface area contributed by atoms with Crippen LogP contribution in [0.25, 0.3) is 0 Å². The Bertz CT molecular complexity index is 732. The molecule has 1 amide bonds. The van der Waals surface area contributed by atoms with Crippen molar-refractivity contribution < 1.29 is 9.21 Å². The van der Waals surface area contributed by atoms with Gasteiger partial charge in [-0.1, -0.05) is 48.2 Å². The maximum Gasteiger partial charge on any atom is 0.287 e. The minimum atomic E-state index is -0.278. The first-order valence-electron chi connectivity index (χ1n) is 7.17. The minimum absolute atomic E-state index is 0.247. The highest BCUT2D eigenvalue weighted by atomic mass is 32.2. The number of aromatic nitrogens is 1. The van der Waals surface area contributed by atoms with Gasteiger partial charge in [0.15, 0.2) is 10.9 Å². The van der Waals surface area contributed by atoms with E-state index >= 15 is 0 Å². The van der Waals surface area contributed by atoms with Crippen molar-refractivity contribution in [3.63, 3.8) is 0 Å². The number of carbonyl (C=O) groups is 1. The predicted molar refractivity (Wildman–Crippen MR) is 90.5 cm³/mol. The van der Waals surface area contributed by atoms with Crippen molar-refractivity contribution in [3.05, 3.63) is 83.9 Å². The second kappa shape index (κ2) is 7.15. The summed E-state index contributed by atoms with van der Waals surface area (Å²) in [7, 11) is 0. The monoisotopic (exact) mass is 324 g/mol. The maximum atomic E-state index is 12.5. The number of pyridine rings is 1. The molecule has 3 rings (SSSR count). The molecule has 1 N–H and O–H groups in total. The Morgan fingerprint density at radius 2 is 1.87 bits per heavy atom. The van der Waals surface area contributed by atoms with Gasteiger partial charge in [0, 0.05) is 12.4 Å². The summed E-state index contributed by atoms with van der Waals surface area (Å²) in [6, 6.07) is 16.8. The van der Waals surface area contributed by atoms with Gasteiger partial charge in [-0.15, -0.1) is 0 Å². The van der Waals surface area contributed by atoms with Crippen molar-refractivity contribution in [3.8, 4) is 0 Å². The fourth-order valence-electron chi connectivity index (χ4n) is 2.31. The van der Waals surface area contributed by atoms with Crippen LogP contribution < -0.4 is 5.32 Å².